The van der Waals surface area contributed by atoms with Crippen molar-refractivity contribution >= 4 is 22.4 Å². The number of carbonyl (C=O) groups excluding carboxylic acids is 1. The van der Waals surface area contributed by atoms with Gasteiger partial charge in [-0.05, 0) is 18.1 Å². The van der Waals surface area contributed by atoms with Crippen LogP contribution < -0.4 is 5.32 Å². The van der Waals surface area contributed by atoms with Gasteiger partial charge in [-0.2, -0.15) is 4.98 Å². The molecule has 0 fully saturated rings. The Kier molecular flexibility index (Phi) is 5.83. The van der Waals surface area contributed by atoms with Crippen LogP contribution in [0.3, 0.4) is 0 Å². The maximum absolute atomic E-state index is 12.0. The van der Waals surface area contributed by atoms with E-state index in [9.17, 15) is 9.00 Å². The number of hydrogen-bond donors (Lipinski definition) is 1. The van der Waals surface area contributed by atoms with Crippen LogP contribution in [0.1, 0.15) is 25.6 Å². The molecule has 6 nitrogen and oxygen atoms in total. The number of nitrogens with zero attached hydrogens (tertiary/aromatic N) is 2. The van der Waals surface area contributed by atoms with Gasteiger partial charge in [-0.3, -0.25) is 9.00 Å². The zero-order valence-corrected chi connectivity index (χ0v) is 13.4. The minimum atomic E-state index is -1.37. The van der Waals surface area contributed by atoms with E-state index >= 15 is 0 Å². The van der Waals surface area contributed by atoms with Crippen molar-refractivity contribution in [2.75, 3.05) is 11.1 Å². The number of nitrogens with one attached hydrogen (secondary N) is 1. The van der Waals surface area contributed by atoms with Gasteiger partial charge in [0.25, 0.3) is 0 Å². The van der Waals surface area contributed by atoms with E-state index in [-0.39, 0.29) is 17.4 Å². The molecule has 1 amide bonds. The Morgan fingerprint density at radius 3 is 2.73 bits per heavy atom. The summed E-state index contributed by atoms with van der Waals surface area (Å²) in [5, 5.41) is 6.48. The highest BCUT2D eigenvalue weighted by Crippen LogP contribution is 2.08. The second kappa shape index (κ2) is 7.84. The van der Waals surface area contributed by atoms with E-state index < -0.39 is 10.8 Å². The fourth-order valence-corrected chi connectivity index (χ4v) is 2.71. The smallest absolute Gasteiger partial charge is 0.237 e. The summed E-state index contributed by atoms with van der Waals surface area (Å²) in [4.78, 5) is 16.0. The quantitative estimate of drug-likeness (QED) is 0.844. The fraction of sp³-hybridized carbons (Fsp3) is 0.400. The van der Waals surface area contributed by atoms with Crippen molar-refractivity contribution in [2.24, 2.45) is 5.92 Å². The summed E-state index contributed by atoms with van der Waals surface area (Å²) >= 11 is 0. The Balaban J connectivity index is 1.82. The van der Waals surface area contributed by atoms with E-state index in [1.165, 1.54) is 0 Å². The molecule has 0 saturated heterocycles. The fourth-order valence-electron chi connectivity index (χ4n) is 1.84. The van der Waals surface area contributed by atoms with Crippen molar-refractivity contribution < 1.29 is 13.5 Å². The van der Waals surface area contributed by atoms with Gasteiger partial charge < -0.3 is 9.84 Å². The van der Waals surface area contributed by atoms with Crippen molar-refractivity contribution in [3.63, 3.8) is 0 Å². The van der Waals surface area contributed by atoms with E-state index in [0.29, 0.717) is 29.7 Å². The van der Waals surface area contributed by atoms with Gasteiger partial charge in [-0.25, -0.2) is 0 Å². The molecule has 118 valence electrons. The van der Waals surface area contributed by atoms with Crippen LogP contribution in [0.5, 0.6) is 0 Å². The molecule has 1 N–H and O–H groups in total. The van der Waals surface area contributed by atoms with Crippen LogP contribution in [0.4, 0.5) is 5.69 Å². The zero-order valence-electron chi connectivity index (χ0n) is 12.6. The molecule has 0 spiro atoms. The Morgan fingerprint density at radius 2 is 2.05 bits per heavy atom. The lowest BCUT2D eigenvalue weighted by atomic mass is 10.1. The lowest BCUT2D eigenvalue weighted by Gasteiger charge is -2.03. The van der Waals surface area contributed by atoms with Crippen molar-refractivity contribution in [1.29, 1.82) is 0 Å². The van der Waals surface area contributed by atoms with Crippen LogP contribution >= 0.6 is 0 Å². The molecule has 2 rings (SSSR count). The highest BCUT2D eigenvalue weighted by molar-refractivity contribution is 7.84. The van der Waals surface area contributed by atoms with Crippen LogP contribution in [-0.4, -0.2) is 26.0 Å². The lowest BCUT2D eigenvalue weighted by molar-refractivity contribution is -0.113. The standard InChI is InChI=1S/C15H19N3O3S/c1-11(2)8-15-17-13(18-21-15)9-22(20)10-14(19)16-12-6-4-3-5-7-12/h3-7,11H,8-10H2,1-2H3,(H,16,19). The largest absolute Gasteiger partial charge is 0.339 e. The van der Waals surface area contributed by atoms with Gasteiger partial charge in [-0.15, -0.1) is 0 Å². The number of benzene rings is 1. The van der Waals surface area contributed by atoms with Gasteiger partial charge in [0.1, 0.15) is 5.75 Å². The molecule has 0 aliphatic heterocycles. The van der Waals surface area contributed by atoms with Crippen LogP contribution in [0.25, 0.3) is 0 Å². The van der Waals surface area contributed by atoms with Crippen LogP contribution in [0, 0.1) is 5.92 Å². The van der Waals surface area contributed by atoms with Gasteiger partial charge >= 0.3 is 0 Å². The van der Waals surface area contributed by atoms with E-state index in [1.807, 2.05) is 18.2 Å². The predicted molar refractivity (Wildman–Crippen MR) is 84.6 cm³/mol. The first-order valence-corrected chi connectivity index (χ1v) is 8.53. The third-order valence-corrected chi connectivity index (χ3v) is 3.90. The van der Waals surface area contributed by atoms with Crippen molar-refractivity contribution in [3.8, 4) is 0 Å². The molecule has 7 heteroatoms. The monoisotopic (exact) mass is 321 g/mol. The molecule has 0 radical (unpaired) electrons. The number of aromatic nitrogens is 2. The number of amides is 1. The van der Waals surface area contributed by atoms with E-state index in [0.717, 1.165) is 0 Å². The van der Waals surface area contributed by atoms with Crippen LogP contribution in [-0.2, 0) is 27.8 Å². The van der Waals surface area contributed by atoms with Crippen LogP contribution in [0.15, 0.2) is 34.9 Å². The lowest BCUT2D eigenvalue weighted by Crippen LogP contribution is -2.20. The summed E-state index contributed by atoms with van der Waals surface area (Å²) in [5.41, 5.74) is 0.684. The molecule has 1 aromatic heterocycles. The molecule has 2 aromatic rings. The molecule has 0 aliphatic rings. The Labute approximate surface area is 131 Å². The average Bonchev–Trinajstić information content (AvgIpc) is 2.85. The SMILES string of the molecule is CC(C)Cc1nc(CS(=O)CC(=O)Nc2ccccc2)no1. The van der Waals surface area contributed by atoms with Gasteiger partial charge in [0.2, 0.25) is 11.8 Å². The van der Waals surface area contributed by atoms with Gasteiger partial charge in [0.15, 0.2) is 5.82 Å². The number of anilines is 1. The Hall–Kier alpha value is -2.02. The van der Waals surface area contributed by atoms with Crippen molar-refractivity contribution in [3.05, 3.63) is 42.0 Å². The molecule has 0 saturated carbocycles. The van der Waals surface area contributed by atoms with E-state index in [4.69, 9.17) is 4.52 Å². The molecular formula is C15H19N3O3S. The summed E-state index contributed by atoms with van der Waals surface area (Å²) < 4.78 is 17.1. The van der Waals surface area contributed by atoms with Crippen molar-refractivity contribution in [2.45, 2.75) is 26.0 Å². The molecule has 0 aliphatic carbocycles. The third kappa shape index (κ3) is 5.40. The molecule has 1 atom stereocenters. The molecule has 0 bridgehead atoms. The number of rotatable bonds is 7. The van der Waals surface area contributed by atoms with Crippen LogP contribution in [0.2, 0.25) is 0 Å². The molecule has 22 heavy (non-hydrogen) atoms. The van der Waals surface area contributed by atoms with E-state index in [1.54, 1.807) is 12.1 Å². The summed E-state index contributed by atoms with van der Waals surface area (Å²) in [7, 11) is -1.37. The summed E-state index contributed by atoms with van der Waals surface area (Å²) in [5.74, 6) is 1.05. The number of carbonyl (C=O) groups is 1. The highest BCUT2D eigenvalue weighted by Gasteiger charge is 2.14. The summed E-state index contributed by atoms with van der Waals surface area (Å²) in [6.45, 7) is 4.10. The maximum atomic E-state index is 12.0. The molecule has 1 heterocycles. The molecule has 1 aromatic carbocycles. The average molecular weight is 321 g/mol. The third-order valence-electron chi connectivity index (χ3n) is 2.73. The minimum absolute atomic E-state index is 0.0943. The van der Waals surface area contributed by atoms with Gasteiger partial charge in [0.05, 0.1) is 5.75 Å². The second-order valence-corrected chi connectivity index (χ2v) is 6.80. The summed E-state index contributed by atoms with van der Waals surface area (Å²) in [6, 6.07) is 9.06. The Bertz CT molecular complexity index is 640. The first kappa shape index (κ1) is 16.4. The normalized spacial score (nSPS) is 12.3. The predicted octanol–water partition coefficient (Wildman–Crippen LogP) is 2.16. The summed E-state index contributed by atoms with van der Waals surface area (Å²) in [6.07, 6.45) is 0.689. The maximum Gasteiger partial charge on any atom is 0.237 e. The number of para-hydroxylation sites is 1. The van der Waals surface area contributed by atoms with Crippen molar-refractivity contribution in [1.82, 2.24) is 10.1 Å². The van der Waals surface area contributed by atoms with Gasteiger partial charge in [-0.1, -0.05) is 37.2 Å². The zero-order chi connectivity index (χ0) is 15.9. The minimum Gasteiger partial charge on any atom is -0.339 e. The first-order chi connectivity index (χ1) is 10.5. The topological polar surface area (TPSA) is 85.1 Å². The first-order valence-electron chi connectivity index (χ1n) is 7.04. The Morgan fingerprint density at radius 1 is 1.32 bits per heavy atom. The number of hydrogen-bond acceptors (Lipinski definition) is 5. The van der Waals surface area contributed by atoms with Gasteiger partial charge in [0, 0.05) is 22.9 Å². The highest BCUT2D eigenvalue weighted by atomic mass is 32.2. The second-order valence-electron chi connectivity index (χ2n) is 5.35. The molecule has 1 unspecified atom stereocenters. The van der Waals surface area contributed by atoms with E-state index in [2.05, 4.69) is 29.3 Å². The molecular weight excluding hydrogens is 302 g/mol.